The van der Waals surface area contributed by atoms with Crippen LogP contribution in [0.25, 0.3) is 0 Å². The second kappa shape index (κ2) is 6.07. The molecular weight excluding hydrogens is 231 g/mol. The van der Waals surface area contributed by atoms with Crippen LogP contribution >= 0.6 is 0 Å². The molecule has 98 valence electrons. The zero-order valence-electron chi connectivity index (χ0n) is 10.7. The topological polar surface area (TPSA) is 23.6 Å². The maximum Gasteiger partial charge on any atom is 0.151 e. The van der Waals surface area contributed by atoms with E-state index in [0.29, 0.717) is 13.0 Å². The number of nitrogens with zero attached hydrogens (tertiary/aromatic N) is 2. The lowest BCUT2D eigenvalue weighted by Gasteiger charge is -2.31. The maximum absolute atomic E-state index is 13.0. The van der Waals surface area contributed by atoms with Gasteiger partial charge in [0, 0.05) is 32.6 Å². The number of Topliss-reactive ketones (excluding diaryl/α,β-unsaturated/α-hetero) is 1. The number of rotatable bonds is 4. The average molecular weight is 250 g/mol. The van der Waals surface area contributed by atoms with Crippen LogP contribution in [0.2, 0.25) is 0 Å². The fraction of sp³-hybridized carbons (Fsp3) is 0.500. The van der Waals surface area contributed by atoms with E-state index < -0.39 is 0 Å². The third-order valence-corrected chi connectivity index (χ3v) is 3.29. The van der Waals surface area contributed by atoms with Crippen LogP contribution in [0.5, 0.6) is 0 Å². The lowest BCUT2D eigenvalue weighted by molar-refractivity contribution is -0.119. The molecule has 18 heavy (non-hydrogen) atoms. The van der Waals surface area contributed by atoms with Crippen molar-refractivity contribution in [2.24, 2.45) is 0 Å². The molecule has 0 N–H and O–H groups in total. The van der Waals surface area contributed by atoms with Crippen LogP contribution in [0.15, 0.2) is 24.3 Å². The third kappa shape index (κ3) is 3.89. The molecule has 0 bridgehead atoms. The molecule has 1 aromatic carbocycles. The smallest absolute Gasteiger partial charge is 0.151 e. The van der Waals surface area contributed by atoms with Gasteiger partial charge in [-0.2, -0.15) is 0 Å². The highest BCUT2D eigenvalue weighted by Gasteiger charge is 2.16. The zero-order chi connectivity index (χ0) is 13.0. The van der Waals surface area contributed by atoms with Crippen LogP contribution < -0.4 is 0 Å². The summed E-state index contributed by atoms with van der Waals surface area (Å²) >= 11 is 0. The van der Waals surface area contributed by atoms with E-state index in [2.05, 4.69) is 16.8 Å². The van der Waals surface area contributed by atoms with Gasteiger partial charge < -0.3 is 4.90 Å². The first-order chi connectivity index (χ1) is 8.63. The highest BCUT2D eigenvalue weighted by Crippen LogP contribution is 2.06. The number of likely N-dealkylation sites (N-methyl/N-ethyl adjacent to an activating group) is 1. The summed E-state index contributed by atoms with van der Waals surface area (Å²) in [6.45, 7) is 4.36. The second-order valence-electron chi connectivity index (χ2n) is 4.92. The first-order valence-corrected chi connectivity index (χ1v) is 6.30. The SMILES string of the molecule is CN1CCN(CC(=O)Cc2cccc(F)c2)CC1. The fourth-order valence-corrected chi connectivity index (χ4v) is 2.19. The molecule has 2 rings (SSSR count). The number of carbonyl (C=O) groups excluding carboxylic acids is 1. The minimum atomic E-state index is -0.278. The van der Waals surface area contributed by atoms with Gasteiger partial charge in [0.25, 0.3) is 0 Å². The van der Waals surface area contributed by atoms with Gasteiger partial charge in [-0.1, -0.05) is 12.1 Å². The van der Waals surface area contributed by atoms with Crippen LogP contribution in [0.3, 0.4) is 0 Å². The average Bonchev–Trinajstić information content (AvgIpc) is 2.32. The predicted molar refractivity (Wildman–Crippen MR) is 69.0 cm³/mol. The van der Waals surface area contributed by atoms with Crippen LogP contribution in [0.4, 0.5) is 4.39 Å². The third-order valence-electron chi connectivity index (χ3n) is 3.29. The monoisotopic (exact) mass is 250 g/mol. The number of benzene rings is 1. The van der Waals surface area contributed by atoms with E-state index in [9.17, 15) is 9.18 Å². The molecular formula is C14H19FN2O. The quantitative estimate of drug-likeness (QED) is 0.802. The Bertz CT molecular complexity index is 414. The molecule has 0 amide bonds. The van der Waals surface area contributed by atoms with Gasteiger partial charge in [0.15, 0.2) is 5.78 Å². The molecule has 1 aromatic rings. The Balaban J connectivity index is 1.82. The van der Waals surface area contributed by atoms with Gasteiger partial charge in [-0.25, -0.2) is 4.39 Å². The summed E-state index contributed by atoms with van der Waals surface area (Å²) in [5, 5.41) is 0. The molecule has 0 spiro atoms. The molecule has 1 saturated heterocycles. The highest BCUT2D eigenvalue weighted by atomic mass is 19.1. The minimum absolute atomic E-state index is 0.158. The van der Waals surface area contributed by atoms with Crippen LogP contribution in [0.1, 0.15) is 5.56 Å². The molecule has 4 heteroatoms. The number of carbonyl (C=O) groups is 1. The van der Waals surface area contributed by atoms with Crippen molar-refractivity contribution < 1.29 is 9.18 Å². The zero-order valence-corrected chi connectivity index (χ0v) is 10.7. The number of hydrogen-bond acceptors (Lipinski definition) is 3. The Hall–Kier alpha value is -1.26. The van der Waals surface area contributed by atoms with E-state index in [0.717, 1.165) is 31.7 Å². The number of piperazine rings is 1. The molecule has 1 aliphatic heterocycles. The van der Waals surface area contributed by atoms with Gasteiger partial charge in [0.05, 0.1) is 6.54 Å². The number of ketones is 1. The predicted octanol–water partition coefficient (Wildman–Crippen LogP) is 1.18. The van der Waals surface area contributed by atoms with E-state index in [-0.39, 0.29) is 11.6 Å². The summed E-state index contributed by atoms with van der Waals surface area (Å²) in [5.41, 5.74) is 0.758. The van der Waals surface area contributed by atoms with Gasteiger partial charge in [-0.15, -0.1) is 0 Å². The van der Waals surface area contributed by atoms with E-state index in [1.807, 2.05) is 0 Å². The molecule has 0 radical (unpaired) electrons. The summed E-state index contributed by atoms with van der Waals surface area (Å²) in [6, 6.07) is 6.27. The maximum atomic E-state index is 13.0. The van der Waals surface area contributed by atoms with E-state index in [1.165, 1.54) is 12.1 Å². The first-order valence-electron chi connectivity index (χ1n) is 6.30. The van der Waals surface area contributed by atoms with Gasteiger partial charge >= 0.3 is 0 Å². The molecule has 1 heterocycles. The van der Waals surface area contributed by atoms with Crippen molar-refractivity contribution in [3.05, 3.63) is 35.6 Å². The van der Waals surface area contributed by atoms with E-state index in [4.69, 9.17) is 0 Å². The van der Waals surface area contributed by atoms with Crippen molar-refractivity contribution in [2.75, 3.05) is 39.8 Å². The van der Waals surface area contributed by atoms with Crippen LogP contribution in [0, 0.1) is 5.82 Å². The van der Waals surface area contributed by atoms with Crippen molar-refractivity contribution >= 4 is 5.78 Å². The standard InChI is InChI=1S/C14H19FN2O/c1-16-5-7-17(8-6-16)11-14(18)10-12-3-2-4-13(15)9-12/h2-4,9H,5-8,10-11H2,1H3. The Morgan fingerprint density at radius 1 is 1.28 bits per heavy atom. The summed E-state index contributed by atoms with van der Waals surface area (Å²) in [5.74, 6) is -0.120. The van der Waals surface area contributed by atoms with Gasteiger partial charge in [0.1, 0.15) is 5.82 Å². The largest absolute Gasteiger partial charge is 0.304 e. The number of halogens is 1. The van der Waals surface area contributed by atoms with Gasteiger partial charge in [-0.3, -0.25) is 9.69 Å². The van der Waals surface area contributed by atoms with Crippen molar-refractivity contribution in [2.45, 2.75) is 6.42 Å². The van der Waals surface area contributed by atoms with E-state index in [1.54, 1.807) is 12.1 Å². The van der Waals surface area contributed by atoms with Gasteiger partial charge in [-0.05, 0) is 24.7 Å². The number of hydrogen-bond donors (Lipinski definition) is 0. The highest BCUT2D eigenvalue weighted by molar-refractivity contribution is 5.82. The van der Waals surface area contributed by atoms with Gasteiger partial charge in [0.2, 0.25) is 0 Å². The van der Waals surface area contributed by atoms with Crippen molar-refractivity contribution in [1.82, 2.24) is 9.80 Å². The van der Waals surface area contributed by atoms with Crippen molar-refractivity contribution in [3.63, 3.8) is 0 Å². The molecule has 0 unspecified atom stereocenters. The Labute approximate surface area is 107 Å². The molecule has 1 aliphatic rings. The fourth-order valence-electron chi connectivity index (χ4n) is 2.19. The molecule has 0 aliphatic carbocycles. The lowest BCUT2D eigenvalue weighted by Crippen LogP contribution is -2.46. The Morgan fingerprint density at radius 2 is 2.00 bits per heavy atom. The van der Waals surface area contributed by atoms with Crippen molar-refractivity contribution in [1.29, 1.82) is 0 Å². The normalized spacial score (nSPS) is 17.9. The van der Waals surface area contributed by atoms with E-state index >= 15 is 0 Å². The molecule has 3 nitrogen and oxygen atoms in total. The van der Waals surface area contributed by atoms with Crippen molar-refractivity contribution in [3.8, 4) is 0 Å². The molecule has 0 saturated carbocycles. The van der Waals surface area contributed by atoms with Crippen LogP contribution in [-0.2, 0) is 11.2 Å². The van der Waals surface area contributed by atoms with Crippen LogP contribution in [-0.4, -0.2) is 55.4 Å². The summed E-state index contributed by atoms with van der Waals surface area (Å²) in [4.78, 5) is 16.3. The Morgan fingerprint density at radius 3 is 2.67 bits per heavy atom. The summed E-state index contributed by atoms with van der Waals surface area (Å²) in [7, 11) is 2.09. The summed E-state index contributed by atoms with van der Waals surface area (Å²) < 4.78 is 13.0. The molecule has 1 fully saturated rings. The molecule has 0 aromatic heterocycles. The summed E-state index contributed by atoms with van der Waals surface area (Å²) in [6.07, 6.45) is 0.324. The lowest BCUT2D eigenvalue weighted by atomic mass is 10.1. The first kappa shape index (κ1) is 13.2. The Kier molecular flexibility index (Phi) is 4.44. The molecule has 0 atom stereocenters. The minimum Gasteiger partial charge on any atom is -0.304 e. The second-order valence-corrected chi connectivity index (χ2v) is 4.92.